The van der Waals surface area contributed by atoms with Gasteiger partial charge in [0.15, 0.2) is 0 Å². The number of phenolic OH excluding ortho intramolecular Hbond substituents is 1. The first kappa shape index (κ1) is 33.8. The number of aromatic nitrogens is 3. The van der Waals surface area contributed by atoms with Crippen LogP contribution in [0.15, 0.2) is 62.5 Å². The van der Waals surface area contributed by atoms with E-state index in [1.807, 2.05) is 7.05 Å². The minimum absolute atomic E-state index is 0.0450. The van der Waals surface area contributed by atoms with Gasteiger partial charge in [0.2, 0.25) is 17.8 Å². The second-order valence-electron chi connectivity index (χ2n) is 9.43. The molecule has 20 heteroatoms. The molecule has 3 aromatic carbocycles. The minimum atomic E-state index is -4.35. The zero-order chi connectivity index (χ0) is 32.8. The summed E-state index contributed by atoms with van der Waals surface area (Å²) in [6.45, 7) is 1.36. The molecule has 45 heavy (non-hydrogen) atoms. The number of phenols is 1. The average Bonchev–Trinajstić information content (AvgIpc) is 2.97. The Morgan fingerprint density at radius 3 is 2.13 bits per heavy atom. The maximum absolute atomic E-state index is 10.6. The van der Waals surface area contributed by atoms with Gasteiger partial charge in [0.1, 0.15) is 38.9 Å². The first-order chi connectivity index (χ1) is 21.3. The lowest BCUT2D eigenvalue weighted by atomic mass is 10.1. The molecule has 0 aliphatic rings. The van der Waals surface area contributed by atoms with Crippen molar-refractivity contribution < 1.29 is 37.5 Å². The molecular formula is C25H34N10O8S2. The van der Waals surface area contributed by atoms with E-state index in [-0.39, 0.29) is 69.4 Å². The number of anilines is 5. The Labute approximate surface area is 260 Å². The van der Waals surface area contributed by atoms with Crippen LogP contribution >= 0.6 is 21.7 Å². The number of nitrogens with zero attached hydrogens (tertiary/aromatic N) is 5. The third-order valence-electron chi connectivity index (χ3n) is 6.08. The van der Waals surface area contributed by atoms with Crippen LogP contribution in [0.5, 0.6) is 5.75 Å². The summed E-state index contributed by atoms with van der Waals surface area (Å²) in [7, 11) is -6.64. The molecule has 0 bridgehead atoms. The fourth-order valence-corrected chi connectivity index (χ4v) is 5.26. The molecule has 0 aliphatic carbocycles. The van der Waals surface area contributed by atoms with Gasteiger partial charge >= 0.3 is 0 Å². The smallest absolute Gasteiger partial charge is 0.233 e. The Balaban J connectivity index is 1.68. The zero-order valence-corrected chi connectivity index (χ0v) is 25.4. The van der Waals surface area contributed by atoms with Crippen LogP contribution in [0.2, 0.25) is 0 Å². The van der Waals surface area contributed by atoms with Gasteiger partial charge in [-0.25, -0.2) is 0 Å². The van der Waals surface area contributed by atoms with E-state index in [0.717, 1.165) is 19.0 Å². The third-order valence-corrected chi connectivity index (χ3v) is 7.86. The van der Waals surface area contributed by atoms with Gasteiger partial charge < -0.3 is 64.5 Å². The first-order valence-electron chi connectivity index (χ1n) is 13.2. The number of nitrogens with two attached hydrogens (primary N) is 1. The summed E-state index contributed by atoms with van der Waals surface area (Å²) in [6, 6.07) is 9.07. The molecule has 4 aromatic rings. The number of fused-ring (bicyclic) bond motifs is 1. The molecule has 0 saturated heterocycles. The first-order valence-corrected chi connectivity index (χ1v) is 16.2. The fourth-order valence-electron chi connectivity index (χ4n) is 4.03. The van der Waals surface area contributed by atoms with Crippen molar-refractivity contribution in [3.05, 3.63) is 42.5 Å². The number of nitrogen functional groups attached to an aromatic ring is 1. The highest BCUT2D eigenvalue weighted by Crippen LogP contribution is 2.51. The molecule has 0 saturated carbocycles. The van der Waals surface area contributed by atoms with E-state index in [0.29, 0.717) is 6.54 Å². The molecule has 18 nitrogen and oxygen atoms in total. The van der Waals surface area contributed by atoms with Crippen molar-refractivity contribution in [2.45, 2.75) is 16.2 Å². The lowest BCUT2D eigenvalue weighted by Gasteiger charge is -2.21. The summed E-state index contributed by atoms with van der Waals surface area (Å²) in [4.78, 5) is 12.1. The molecule has 0 radical (unpaired) electrons. The monoisotopic (exact) mass is 666 g/mol. The van der Waals surface area contributed by atoms with Crippen LogP contribution in [-0.4, -0.2) is 85.8 Å². The summed E-state index contributed by atoms with van der Waals surface area (Å²) in [6.07, 6.45) is 0.790. The zero-order valence-electron chi connectivity index (χ0n) is 23.8. The van der Waals surface area contributed by atoms with Crippen LogP contribution in [0.1, 0.15) is 6.42 Å². The lowest BCUT2D eigenvalue weighted by Crippen LogP contribution is -2.16. The van der Waals surface area contributed by atoms with Crippen LogP contribution < -0.4 is 27.0 Å². The Kier molecular flexibility index (Phi) is 10.8. The number of hydrogen-bond donors (Lipinski definition) is 13. The van der Waals surface area contributed by atoms with Crippen molar-refractivity contribution in [1.82, 2.24) is 20.3 Å². The predicted molar refractivity (Wildman–Crippen MR) is 174 cm³/mol. The van der Waals surface area contributed by atoms with Crippen molar-refractivity contribution in [3.8, 4) is 5.75 Å². The largest absolute Gasteiger partial charge is 0.507 e. The van der Waals surface area contributed by atoms with Crippen LogP contribution in [0.25, 0.3) is 10.8 Å². The van der Waals surface area contributed by atoms with Crippen LogP contribution in [-0.2, 0) is 0 Å². The number of hydrogen-bond acceptors (Lipinski definition) is 18. The van der Waals surface area contributed by atoms with Crippen molar-refractivity contribution in [1.29, 1.82) is 0 Å². The molecule has 0 aliphatic heterocycles. The van der Waals surface area contributed by atoms with Gasteiger partial charge in [-0.1, -0.05) is 6.07 Å². The van der Waals surface area contributed by atoms with E-state index in [2.05, 4.69) is 46.4 Å². The molecule has 1 aromatic heterocycles. The maximum Gasteiger partial charge on any atom is 0.233 e. The molecular weight excluding hydrogens is 632 g/mol. The minimum Gasteiger partial charge on any atom is -0.507 e. The van der Waals surface area contributed by atoms with Crippen LogP contribution in [0, 0.1) is 0 Å². The summed E-state index contributed by atoms with van der Waals surface area (Å²) in [5.74, 6) is -0.00522. The highest BCUT2D eigenvalue weighted by Gasteiger charge is 2.23. The van der Waals surface area contributed by atoms with E-state index in [9.17, 15) is 32.4 Å². The van der Waals surface area contributed by atoms with Gasteiger partial charge in [-0.2, -0.15) is 15.0 Å². The Morgan fingerprint density at radius 1 is 0.800 bits per heavy atom. The molecule has 0 atom stereocenters. The Morgan fingerprint density at radius 2 is 1.49 bits per heavy atom. The molecule has 1 heterocycles. The molecule has 14 N–H and O–H groups in total. The van der Waals surface area contributed by atoms with Gasteiger partial charge in [-0.05, 0) is 61.8 Å². The van der Waals surface area contributed by atoms with E-state index in [1.54, 1.807) is 0 Å². The number of azo groups is 1. The van der Waals surface area contributed by atoms with Gasteiger partial charge in [0.25, 0.3) is 0 Å². The maximum atomic E-state index is 10.6. The topological polar surface area (TPSA) is 299 Å². The number of rotatable bonds is 14. The van der Waals surface area contributed by atoms with Gasteiger partial charge in [0.05, 0.1) is 27.5 Å². The van der Waals surface area contributed by atoms with E-state index in [4.69, 9.17) is 10.8 Å². The molecule has 0 fully saturated rings. The fraction of sp³-hybridized carbons (Fsp3) is 0.240. The van der Waals surface area contributed by atoms with Crippen molar-refractivity contribution >= 4 is 73.1 Å². The summed E-state index contributed by atoms with van der Waals surface area (Å²) >= 11 is 0. The molecule has 244 valence electrons. The normalized spacial score (nSPS) is 12.9. The van der Waals surface area contributed by atoms with Crippen molar-refractivity contribution in [3.63, 3.8) is 0 Å². The third kappa shape index (κ3) is 8.76. The Bertz CT molecular complexity index is 1680. The SMILES string of the molecule is CNCCCNc1nc(NCCO)nc(Nc2ccc(N=Nc3c(N)ccc4cc(S(O)(O)O)cc(O)c34)c(S(O)(O)O)c2)n1. The highest BCUT2D eigenvalue weighted by molar-refractivity contribution is 8.19. The summed E-state index contributed by atoms with van der Waals surface area (Å²) in [5.41, 5.74) is 6.16. The summed E-state index contributed by atoms with van der Waals surface area (Å²) < 4.78 is 59.4. The predicted octanol–water partition coefficient (Wildman–Crippen LogP) is 5.06. The average molecular weight is 667 g/mol. The second-order valence-corrected chi connectivity index (χ2v) is 12.4. The van der Waals surface area contributed by atoms with Gasteiger partial charge in [-0.3, -0.25) is 0 Å². The van der Waals surface area contributed by atoms with Crippen LogP contribution in [0.4, 0.5) is 40.6 Å². The number of benzene rings is 3. The van der Waals surface area contributed by atoms with Crippen molar-refractivity contribution in [2.75, 3.05) is 55.0 Å². The molecule has 4 rings (SSSR count). The standard InChI is InChI=1S/C25H34N10O8S2/c1-27-7-2-8-28-23-31-24(29-9-10-36)33-25(32-23)30-15-4-6-18(20(12-15)45(41,42)43)34-35-22-17(26)5-3-14-11-16(44(38,39)40)13-19(37)21(14)22/h3-6,11-13,27,36-43H,2,7-10,26H2,1H3,(H3,28,29,30,31,32,33). The number of aliphatic hydroxyl groups excluding tert-OH is 1. The van der Waals surface area contributed by atoms with E-state index < -0.39 is 32.4 Å². The lowest BCUT2D eigenvalue weighted by molar-refractivity contribution is 0.310. The quantitative estimate of drug-likeness (QED) is 0.0475. The van der Waals surface area contributed by atoms with E-state index >= 15 is 0 Å². The van der Waals surface area contributed by atoms with Gasteiger partial charge in [-0.15, -0.1) is 10.2 Å². The molecule has 0 unspecified atom stereocenters. The second kappa shape index (κ2) is 14.3. The highest BCUT2D eigenvalue weighted by atomic mass is 32.3. The van der Waals surface area contributed by atoms with Gasteiger partial charge in [0, 0.05) is 18.8 Å². The number of nitrogens with one attached hydrogen (secondary N) is 4. The van der Waals surface area contributed by atoms with E-state index in [1.165, 1.54) is 36.4 Å². The summed E-state index contributed by atoms with van der Waals surface area (Å²) in [5, 5.41) is 40.1. The van der Waals surface area contributed by atoms with Crippen molar-refractivity contribution in [2.24, 2.45) is 10.2 Å². The number of aromatic hydroxyl groups is 1. The molecule has 0 spiro atoms. The number of aliphatic hydroxyl groups is 1. The Hall–Kier alpha value is -4.09. The molecule has 0 amide bonds. The van der Waals surface area contributed by atoms with Crippen LogP contribution in [0.3, 0.4) is 0 Å².